The van der Waals surface area contributed by atoms with Crippen LogP contribution in [0.2, 0.25) is 0 Å². The number of amides is 2. The Kier molecular flexibility index (Phi) is 19.0. The Morgan fingerprint density at radius 3 is 1.97 bits per heavy atom. The van der Waals surface area contributed by atoms with Crippen molar-refractivity contribution < 1.29 is 29.7 Å². The van der Waals surface area contributed by atoms with E-state index in [1.54, 1.807) is 0 Å². The number of carbonyl (C=O) groups excluding carboxylic acids is 2. The van der Waals surface area contributed by atoms with E-state index in [-0.39, 0.29) is 39.4 Å². The van der Waals surface area contributed by atoms with Crippen molar-refractivity contribution in [2.45, 2.75) is 195 Å². The lowest BCUT2D eigenvalue weighted by molar-refractivity contribution is -0.231. The van der Waals surface area contributed by atoms with Crippen LogP contribution in [-0.2, 0) is 14.4 Å². The second-order valence-corrected chi connectivity index (χ2v) is 22.0. The summed E-state index contributed by atoms with van der Waals surface area (Å²) in [4.78, 5) is 39.8. The Morgan fingerprint density at radius 2 is 1.37 bits per heavy atom. The lowest BCUT2D eigenvalue weighted by Crippen LogP contribution is -2.67. The molecule has 0 aliphatic heterocycles. The van der Waals surface area contributed by atoms with Crippen LogP contribution in [-0.4, -0.2) is 57.9 Å². The molecule has 4 saturated carbocycles. The number of aliphatic hydroxyl groups is 2. The van der Waals surface area contributed by atoms with Crippen molar-refractivity contribution in [3.63, 3.8) is 0 Å². The number of rotatable bonds is 22. The topological polar surface area (TPSA) is 136 Å². The van der Waals surface area contributed by atoms with Gasteiger partial charge < -0.3 is 26.0 Å². The van der Waals surface area contributed by atoms with Gasteiger partial charge in [0.05, 0.1) is 17.6 Å². The zero-order chi connectivity index (χ0) is 47.3. The third-order valence-electron chi connectivity index (χ3n) is 17.7. The molecule has 11 atom stereocenters. The van der Waals surface area contributed by atoms with Gasteiger partial charge in [0.2, 0.25) is 11.8 Å². The predicted molar refractivity (Wildman–Crippen MR) is 266 cm³/mol. The number of aliphatic hydroxyl groups excluding tert-OH is 2. The summed E-state index contributed by atoms with van der Waals surface area (Å²) in [5.74, 6) is -0.0669. The molecule has 0 radical (unpaired) electrons. The fourth-order valence-corrected chi connectivity index (χ4v) is 14.1. The van der Waals surface area contributed by atoms with Gasteiger partial charge >= 0.3 is 5.97 Å². The Hall–Kier alpha value is -3.49. The molecular formula is C57H88N2O6. The average Bonchev–Trinajstić information content (AvgIpc) is 3.26. The highest BCUT2D eigenvalue weighted by Gasteiger charge is 2.70. The van der Waals surface area contributed by atoms with Gasteiger partial charge in [-0.2, -0.15) is 0 Å². The number of carboxylic acids is 1. The van der Waals surface area contributed by atoms with Crippen LogP contribution in [0.1, 0.15) is 177 Å². The number of nitrogens with one attached hydrogen (secondary N) is 2. The smallest absolute Gasteiger partial charge is 0.326 e. The van der Waals surface area contributed by atoms with Crippen molar-refractivity contribution in [2.75, 3.05) is 6.54 Å². The van der Waals surface area contributed by atoms with Crippen LogP contribution in [0.25, 0.3) is 0 Å². The maximum absolute atomic E-state index is 14.7. The third-order valence-corrected chi connectivity index (χ3v) is 17.7. The number of hydrogen-bond donors (Lipinski definition) is 5. The van der Waals surface area contributed by atoms with Gasteiger partial charge in [0.25, 0.3) is 0 Å². The third kappa shape index (κ3) is 11.8. The number of carbonyl (C=O) groups is 3. The first kappa shape index (κ1) is 52.5. The van der Waals surface area contributed by atoms with Crippen LogP contribution in [0.15, 0.2) is 84.6 Å². The Balaban J connectivity index is 1.05. The molecular weight excluding hydrogens is 809 g/mol. The van der Waals surface area contributed by atoms with E-state index in [0.29, 0.717) is 62.8 Å². The molecule has 5 rings (SSSR count). The number of unbranched alkanes of at least 4 members (excludes halogenated alkanes) is 1. The summed E-state index contributed by atoms with van der Waals surface area (Å²) >= 11 is 0. The second kappa shape index (κ2) is 23.5. The first-order valence-electron chi connectivity index (χ1n) is 25.8. The Bertz CT molecular complexity index is 1820. The number of fused-ring (bicyclic) bond motifs is 7. The highest BCUT2D eigenvalue weighted by Crippen LogP contribution is 2.75. The summed E-state index contributed by atoms with van der Waals surface area (Å²) in [6, 6.07) is -0.972. The molecule has 65 heavy (non-hydrogen) atoms. The summed E-state index contributed by atoms with van der Waals surface area (Å²) < 4.78 is 0. The summed E-state index contributed by atoms with van der Waals surface area (Å²) in [5, 5.41) is 38.7. The van der Waals surface area contributed by atoms with Gasteiger partial charge in [-0.05, 0) is 154 Å². The molecule has 8 nitrogen and oxygen atoms in total. The van der Waals surface area contributed by atoms with Gasteiger partial charge in [0.1, 0.15) is 6.04 Å². The lowest BCUT2D eigenvalue weighted by Gasteiger charge is -2.71. The van der Waals surface area contributed by atoms with Gasteiger partial charge in [-0.1, -0.05) is 146 Å². The van der Waals surface area contributed by atoms with Crippen LogP contribution < -0.4 is 10.6 Å². The summed E-state index contributed by atoms with van der Waals surface area (Å²) in [5.41, 5.74) is 0.169. The molecule has 4 fully saturated rings. The zero-order valence-electron chi connectivity index (χ0n) is 41.5. The minimum Gasteiger partial charge on any atom is -0.480 e. The van der Waals surface area contributed by atoms with Gasteiger partial charge in [-0.15, -0.1) is 0 Å². The molecule has 1 unspecified atom stereocenters. The van der Waals surface area contributed by atoms with E-state index in [9.17, 15) is 29.7 Å². The summed E-state index contributed by atoms with van der Waals surface area (Å²) in [7, 11) is 0. The van der Waals surface area contributed by atoms with Gasteiger partial charge in [0, 0.05) is 13.0 Å². The van der Waals surface area contributed by atoms with Crippen LogP contribution in [0.3, 0.4) is 0 Å². The average molecular weight is 897 g/mol. The number of hydrogen-bond acceptors (Lipinski definition) is 5. The fraction of sp³-hybridized carbons (Fsp3) is 0.702. The Labute approximate surface area is 393 Å². The molecule has 8 heteroatoms. The van der Waals surface area contributed by atoms with Gasteiger partial charge in [-0.25, -0.2) is 4.79 Å². The molecule has 2 amide bonds. The molecule has 0 spiro atoms. The monoisotopic (exact) mass is 897 g/mol. The molecule has 5 N–H and O–H groups in total. The van der Waals surface area contributed by atoms with Crippen molar-refractivity contribution in [3.8, 4) is 0 Å². The lowest BCUT2D eigenvalue weighted by atomic mass is 9.33. The number of allylic oxidation sites excluding steroid dienone is 14. The predicted octanol–water partition coefficient (Wildman–Crippen LogP) is 12.1. The van der Waals surface area contributed by atoms with E-state index in [0.717, 1.165) is 89.9 Å². The zero-order valence-corrected chi connectivity index (χ0v) is 41.5. The molecule has 0 saturated heterocycles. The first-order valence-corrected chi connectivity index (χ1v) is 25.8. The highest BCUT2D eigenvalue weighted by atomic mass is 16.4. The largest absolute Gasteiger partial charge is 0.480 e. The maximum atomic E-state index is 14.7. The number of carboxylic acid groups (broad SMARTS) is 1. The van der Waals surface area contributed by atoms with Crippen molar-refractivity contribution in [1.29, 1.82) is 0 Å². The molecule has 0 aromatic rings. The fourth-order valence-electron chi connectivity index (χ4n) is 14.1. The number of aliphatic carboxylic acids is 1. The van der Waals surface area contributed by atoms with E-state index in [1.165, 1.54) is 5.57 Å². The first-order chi connectivity index (χ1) is 31.0. The molecule has 0 bridgehead atoms. The SMILES string of the molecule is CC/C=C\C/C=C\C/C=C\C/C=C\C/C=C\C/C=C\CCC(=O)NCCCCC(NC(=O)[C@]12CCC[C@H](C)[C@H]1C1=CC[C@@H]3[C@@]4(C)C[C@@H](O)[C@H](O)C(C)(C)[C@@H]4CC[C@@]3(C)[C@]1(C)CC2)C(=O)O. The van der Waals surface area contributed by atoms with Crippen molar-refractivity contribution >= 4 is 17.8 Å². The molecule has 362 valence electrons. The minimum absolute atomic E-state index is 0.00760. The van der Waals surface area contributed by atoms with E-state index < -0.39 is 29.6 Å². The quantitative estimate of drug-likeness (QED) is 0.0542. The van der Waals surface area contributed by atoms with Gasteiger partial charge in [0.15, 0.2) is 0 Å². The molecule has 5 aliphatic rings. The van der Waals surface area contributed by atoms with Crippen LogP contribution >= 0.6 is 0 Å². The van der Waals surface area contributed by atoms with Crippen LogP contribution in [0.5, 0.6) is 0 Å². The Morgan fingerprint density at radius 1 is 0.769 bits per heavy atom. The molecule has 0 aromatic heterocycles. The van der Waals surface area contributed by atoms with Crippen molar-refractivity contribution in [3.05, 3.63) is 84.6 Å². The molecule has 0 heterocycles. The van der Waals surface area contributed by atoms with Crippen LogP contribution in [0.4, 0.5) is 0 Å². The van der Waals surface area contributed by atoms with Crippen LogP contribution in [0, 0.1) is 50.7 Å². The standard InChI is InChI=1S/C57H88N2O6/c1-8-9-10-11-12-13-14-15-16-17-18-19-20-21-22-23-24-25-26-32-48(61)58-40-28-27-31-44(51(63)64)59-52(65)57-36-29-30-42(2)49(57)43-33-34-47-54(5)41-45(60)50(62)53(3,4)46(54)35-37-56(47,7)55(43,6)38-39-57/h9-10,12-13,15-16,18-19,21-22,24-25,33,42,44-47,49-50,60,62H,8,11,14,17,20,23,26-32,34-41H2,1-7H3,(H,58,61)(H,59,65)(H,63,64)/b10-9-,13-12-,16-15-,19-18-,22-21-,25-24-/t42-,44?,45+,46-,47+,49-,50-,54-,55+,56+,57-/m0/s1. The van der Waals surface area contributed by atoms with Crippen molar-refractivity contribution in [1.82, 2.24) is 10.6 Å². The normalized spacial score (nSPS) is 35.0. The van der Waals surface area contributed by atoms with E-state index in [1.807, 2.05) is 6.08 Å². The summed E-state index contributed by atoms with van der Waals surface area (Å²) in [6.07, 6.45) is 43.5. The van der Waals surface area contributed by atoms with Gasteiger partial charge in [-0.3, -0.25) is 9.59 Å². The van der Waals surface area contributed by atoms with E-state index in [4.69, 9.17) is 0 Å². The van der Waals surface area contributed by atoms with E-state index >= 15 is 0 Å². The molecule has 0 aromatic carbocycles. The highest BCUT2D eigenvalue weighted by molar-refractivity contribution is 5.88. The second-order valence-electron chi connectivity index (χ2n) is 22.0. The summed E-state index contributed by atoms with van der Waals surface area (Å²) in [6.45, 7) is 16.6. The molecule has 5 aliphatic carbocycles. The van der Waals surface area contributed by atoms with E-state index in [2.05, 4.69) is 132 Å². The maximum Gasteiger partial charge on any atom is 0.326 e. The van der Waals surface area contributed by atoms with Crippen molar-refractivity contribution in [2.24, 2.45) is 50.7 Å². The minimum atomic E-state index is -1.00.